The van der Waals surface area contributed by atoms with Crippen LogP contribution in [0, 0.1) is 6.92 Å². The molecule has 1 amide bonds. The minimum absolute atomic E-state index is 0.0804. The molecule has 0 unspecified atom stereocenters. The molecule has 0 aliphatic carbocycles. The number of aromatic nitrogens is 1. The molecule has 0 N–H and O–H groups in total. The van der Waals surface area contributed by atoms with Gasteiger partial charge in [-0.3, -0.25) is 14.6 Å². The second-order valence-electron chi connectivity index (χ2n) is 6.89. The summed E-state index contributed by atoms with van der Waals surface area (Å²) in [6, 6.07) is 7.80. The van der Waals surface area contributed by atoms with Crippen LogP contribution in [0.1, 0.15) is 25.1 Å². The topological polar surface area (TPSA) is 73.8 Å². The van der Waals surface area contributed by atoms with Crippen LogP contribution in [0.25, 0.3) is 0 Å². The molecule has 7 nitrogen and oxygen atoms in total. The maximum atomic E-state index is 12.2. The van der Waals surface area contributed by atoms with Crippen molar-refractivity contribution in [1.29, 1.82) is 0 Å². The lowest BCUT2D eigenvalue weighted by molar-refractivity contribution is -0.115. The normalized spacial score (nSPS) is 16.2. The number of rotatable bonds is 6. The van der Waals surface area contributed by atoms with Crippen LogP contribution in [0.2, 0.25) is 0 Å². The van der Waals surface area contributed by atoms with Gasteiger partial charge in [-0.15, -0.1) is 11.3 Å². The largest absolute Gasteiger partial charge is 0.295 e. The fourth-order valence-electron chi connectivity index (χ4n) is 3.17. The number of sulfonamides is 1. The highest BCUT2D eigenvalue weighted by atomic mass is 32.2. The number of anilines is 2. The van der Waals surface area contributed by atoms with Crippen LogP contribution in [0.15, 0.2) is 29.6 Å². The van der Waals surface area contributed by atoms with E-state index in [4.69, 9.17) is 0 Å². The SMILES string of the molecule is CCS(=O)(=O)N1CCN(Cc2csc(N(C(C)=O)c3ccc(C)cc3)n2)CC1. The molecule has 3 rings (SSSR count). The Kier molecular flexibility index (Phi) is 6.49. The van der Waals surface area contributed by atoms with Gasteiger partial charge >= 0.3 is 0 Å². The molecular formula is C19H26N4O3S2. The standard InChI is InChI=1S/C19H26N4O3S2/c1-4-28(25,26)22-11-9-21(10-12-22)13-17-14-27-19(20-17)23(16(3)24)18-7-5-15(2)6-8-18/h5-8,14H,4,9-13H2,1-3H3. The molecule has 2 heterocycles. The number of carbonyl (C=O) groups is 1. The molecule has 1 fully saturated rings. The molecule has 1 aromatic heterocycles. The molecule has 28 heavy (non-hydrogen) atoms. The fourth-order valence-corrected chi connectivity index (χ4v) is 5.13. The summed E-state index contributed by atoms with van der Waals surface area (Å²) in [5.41, 5.74) is 2.83. The van der Waals surface area contributed by atoms with Gasteiger partial charge in [-0.25, -0.2) is 13.4 Å². The van der Waals surface area contributed by atoms with Crippen molar-refractivity contribution < 1.29 is 13.2 Å². The van der Waals surface area contributed by atoms with Crippen molar-refractivity contribution in [2.75, 3.05) is 36.8 Å². The molecule has 1 saturated heterocycles. The van der Waals surface area contributed by atoms with Crippen LogP contribution in [0.4, 0.5) is 10.8 Å². The van der Waals surface area contributed by atoms with Crippen molar-refractivity contribution in [2.24, 2.45) is 0 Å². The van der Waals surface area contributed by atoms with Crippen LogP contribution in [-0.4, -0.2) is 60.4 Å². The monoisotopic (exact) mass is 422 g/mol. The number of aryl methyl sites for hydroxylation is 1. The van der Waals surface area contributed by atoms with E-state index in [1.165, 1.54) is 18.3 Å². The third-order valence-electron chi connectivity index (χ3n) is 4.81. The summed E-state index contributed by atoms with van der Waals surface area (Å²) in [5.74, 6) is 0.0608. The van der Waals surface area contributed by atoms with Crippen LogP contribution in [0.5, 0.6) is 0 Å². The maximum absolute atomic E-state index is 12.2. The number of nitrogens with zero attached hydrogens (tertiary/aromatic N) is 4. The minimum atomic E-state index is -3.12. The van der Waals surface area contributed by atoms with Crippen molar-refractivity contribution in [3.63, 3.8) is 0 Å². The van der Waals surface area contributed by atoms with Gasteiger partial charge in [-0.05, 0) is 26.0 Å². The lowest BCUT2D eigenvalue weighted by Crippen LogP contribution is -2.48. The van der Waals surface area contributed by atoms with Gasteiger partial charge in [0.05, 0.1) is 17.1 Å². The molecule has 0 bridgehead atoms. The summed E-state index contributed by atoms with van der Waals surface area (Å²) in [4.78, 5) is 20.7. The Morgan fingerprint density at radius 2 is 1.82 bits per heavy atom. The smallest absolute Gasteiger partial charge is 0.230 e. The molecule has 1 aromatic carbocycles. The van der Waals surface area contributed by atoms with Crippen molar-refractivity contribution in [3.05, 3.63) is 40.9 Å². The Morgan fingerprint density at radius 3 is 2.39 bits per heavy atom. The fraction of sp³-hybridized carbons (Fsp3) is 0.474. The first-order valence-corrected chi connectivity index (χ1v) is 11.8. The Bertz CT molecular complexity index is 917. The Labute approximate surface area is 170 Å². The van der Waals surface area contributed by atoms with Gasteiger partial charge in [-0.2, -0.15) is 4.31 Å². The Morgan fingerprint density at radius 1 is 1.18 bits per heavy atom. The average molecular weight is 423 g/mol. The first-order chi connectivity index (χ1) is 13.3. The third kappa shape index (κ3) is 4.78. The lowest BCUT2D eigenvalue weighted by atomic mass is 10.2. The average Bonchev–Trinajstić information content (AvgIpc) is 3.11. The van der Waals surface area contributed by atoms with E-state index >= 15 is 0 Å². The molecule has 1 aliphatic heterocycles. The van der Waals surface area contributed by atoms with Crippen molar-refractivity contribution >= 4 is 38.1 Å². The maximum Gasteiger partial charge on any atom is 0.230 e. The molecule has 152 valence electrons. The number of piperazine rings is 1. The van der Waals surface area contributed by atoms with Crippen molar-refractivity contribution in [1.82, 2.24) is 14.2 Å². The van der Waals surface area contributed by atoms with E-state index in [1.807, 2.05) is 36.6 Å². The van der Waals surface area contributed by atoms with Gasteiger partial charge in [0, 0.05) is 45.0 Å². The van der Waals surface area contributed by atoms with Gasteiger partial charge in [0.2, 0.25) is 15.9 Å². The molecule has 0 saturated carbocycles. The molecule has 0 radical (unpaired) electrons. The van der Waals surface area contributed by atoms with E-state index in [0.717, 1.165) is 16.9 Å². The number of carbonyl (C=O) groups excluding carboxylic acids is 1. The summed E-state index contributed by atoms with van der Waals surface area (Å²) in [6.07, 6.45) is 0. The highest BCUT2D eigenvalue weighted by molar-refractivity contribution is 7.89. The minimum Gasteiger partial charge on any atom is -0.295 e. The Balaban J connectivity index is 1.67. The zero-order valence-corrected chi connectivity index (χ0v) is 18.1. The second kappa shape index (κ2) is 8.69. The van der Waals surface area contributed by atoms with E-state index in [2.05, 4.69) is 9.88 Å². The molecule has 1 aliphatic rings. The predicted octanol–water partition coefficient (Wildman–Crippen LogP) is 2.60. The van der Waals surface area contributed by atoms with Crippen molar-refractivity contribution in [3.8, 4) is 0 Å². The molecule has 9 heteroatoms. The van der Waals surface area contributed by atoms with E-state index in [0.29, 0.717) is 37.9 Å². The van der Waals surface area contributed by atoms with E-state index < -0.39 is 10.0 Å². The lowest BCUT2D eigenvalue weighted by Gasteiger charge is -2.33. The number of thiazole rings is 1. The first-order valence-electron chi connectivity index (χ1n) is 9.32. The van der Waals surface area contributed by atoms with E-state index in [1.54, 1.807) is 16.1 Å². The zero-order valence-electron chi connectivity index (χ0n) is 16.5. The van der Waals surface area contributed by atoms with Gasteiger partial charge in [0.1, 0.15) is 0 Å². The van der Waals surface area contributed by atoms with Gasteiger partial charge in [0.25, 0.3) is 0 Å². The molecule has 2 aromatic rings. The van der Waals surface area contributed by atoms with E-state index in [-0.39, 0.29) is 11.7 Å². The van der Waals surface area contributed by atoms with Gasteiger partial charge < -0.3 is 0 Å². The predicted molar refractivity (Wildman–Crippen MR) is 112 cm³/mol. The molecule has 0 atom stereocenters. The van der Waals surface area contributed by atoms with Crippen LogP contribution in [0.3, 0.4) is 0 Å². The van der Waals surface area contributed by atoms with E-state index in [9.17, 15) is 13.2 Å². The zero-order chi connectivity index (χ0) is 20.3. The molecular weight excluding hydrogens is 396 g/mol. The highest BCUT2D eigenvalue weighted by Crippen LogP contribution is 2.29. The number of amides is 1. The van der Waals surface area contributed by atoms with Crippen LogP contribution < -0.4 is 4.90 Å². The summed E-state index contributed by atoms with van der Waals surface area (Å²) in [7, 11) is -3.12. The van der Waals surface area contributed by atoms with Gasteiger partial charge in [-0.1, -0.05) is 17.7 Å². The quantitative estimate of drug-likeness (QED) is 0.715. The van der Waals surface area contributed by atoms with Crippen LogP contribution in [-0.2, 0) is 21.4 Å². The first kappa shape index (κ1) is 20.9. The van der Waals surface area contributed by atoms with Gasteiger partial charge in [0.15, 0.2) is 5.13 Å². The highest BCUT2D eigenvalue weighted by Gasteiger charge is 2.26. The summed E-state index contributed by atoms with van der Waals surface area (Å²) < 4.78 is 25.5. The van der Waals surface area contributed by atoms with Crippen LogP contribution >= 0.6 is 11.3 Å². The second-order valence-corrected chi connectivity index (χ2v) is 9.98. The summed E-state index contributed by atoms with van der Waals surface area (Å²) in [5, 5.41) is 2.62. The number of hydrogen-bond acceptors (Lipinski definition) is 6. The summed E-state index contributed by atoms with van der Waals surface area (Å²) in [6.45, 7) is 8.25. The third-order valence-corrected chi connectivity index (χ3v) is 7.57. The summed E-state index contributed by atoms with van der Waals surface area (Å²) >= 11 is 1.44. The Hall–Kier alpha value is -1.81. The number of hydrogen-bond donors (Lipinski definition) is 0. The van der Waals surface area contributed by atoms with Crippen molar-refractivity contribution in [2.45, 2.75) is 27.3 Å². The molecule has 0 spiro atoms. The number of benzene rings is 1.